The SMILES string of the molecule is CC(C)CC1(CNc2ncnc3c2CCC3)CCCC1. The van der Waals surface area contributed by atoms with Crippen LogP contribution in [0, 0.1) is 11.3 Å². The first kappa shape index (κ1) is 13.8. The first-order valence-corrected chi connectivity index (χ1v) is 8.25. The zero-order chi connectivity index (χ0) is 14.0. The van der Waals surface area contributed by atoms with Crippen LogP contribution in [0.5, 0.6) is 0 Å². The maximum Gasteiger partial charge on any atom is 0.132 e. The van der Waals surface area contributed by atoms with Crippen LogP contribution < -0.4 is 5.32 Å². The van der Waals surface area contributed by atoms with Gasteiger partial charge in [0.15, 0.2) is 0 Å². The average molecular weight is 273 g/mol. The molecule has 0 unspecified atom stereocenters. The van der Waals surface area contributed by atoms with Gasteiger partial charge >= 0.3 is 0 Å². The Morgan fingerprint density at radius 2 is 1.95 bits per heavy atom. The molecule has 0 amide bonds. The zero-order valence-electron chi connectivity index (χ0n) is 12.9. The zero-order valence-corrected chi connectivity index (χ0v) is 12.9. The Kier molecular flexibility index (Phi) is 3.95. The van der Waals surface area contributed by atoms with Crippen molar-refractivity contribution in [2.24, 2.45) is 11.3 Å². The molecular formula is C17H27N3. The van der Waals surface area contributed by atoms with Crippen molar-refractivity contribution in [3.05, 3.63) is 17.6 Å². The number of aryl methyl sites for hydroxylation is 1. The fourth-order valence-electron chi connectivity index (χ4n) is 4.23. The number of fused-ring (bicyclic) bond motifs is 1. The molecule has 3 nitrogen and oxygen atoms in total. The third kappa shape index (κ3) is 2.82. The van der Waals surface area contributed by atoms with Gasteiger partial charge in [0.1, 0.15) is 12.1 Å². The Labute approximate surface area is 122 Å². The first-order valence-electron chi connectivity index (χ1n) is 8.25. The van der Waals surface area contributed by atoms with Crippen LogP contribution in [0.3, 0.4) is 0 Å². The molecule has 0 atom stereocenters. The molecule has 20 heavy (non-hydrogen) atoms. The number of hydrogen-bond donors (Lipinski definition) is 1. The predicted octanol–water partition coefficient (Wildman–Crippen LogP) is 3.98. The second-order valence-corrected chi connectivity index (χ2v) is 7.16. The highest BCUT2D eigenvalue weighted by molar-refractivity contribution is 5.48. The highest BCUT2D eigenvalue weighted by Crippen LogP contribution is 2.43. The molecule has 0 radical (unpaired) electrons. The number of rotatable bonds is 5. The molecule has 3 heteroatoms. The van der Waals surface area contributed by atoms with Crippen LogP contribution in [0.1, 0.15) is 63.6 Å². The van der Waals surface area contributed by atoms with E-state index in [4.69, 9.17) is 0 Å². The Hall–Kier alpha value is -1.12. The van der Waals surface area contributed by atoms with Crippen molar-refractivity contribution in [2.75, 3.05) is 11.9 Å². The molecule has 0 aromatic carbocycles. The number of nitrogens with zero attached hydrogens (tertiary/aromatic N) is 2. The fourth-order valence-corrected chi connectivity index (χ4v) is 4.23. The molecule has 0 spiro atoms. The summed E-state index contributed by atoms with van der Waals surface area (Å²) < 4.78 is 0. The third-order valence-corrected chi connectivity index (χ3v) is 5.01. The van der Waals surface area contributed by atoms with Gasteiger partial charge in [0, 0.05) is 17.8 Å². The molecule has 0 aliphatic heterocycles. The summed E-state index contributed by atoms with van der Waals surface area (Å²) in [7, 11) is 0. The summed E-state index contributed by atoms with van der Waals surface area (Å²) in [5.41, 5.74) is 3.15. The van der Waals surface area contributed by atoms with Crippen molar-refractivity contribution < 1.29 is 0 Å². The minimum atomic E-state index is 0.505. The standard InChI is InChI=1S/C17H27N3/c1-13(2)10-17(8-3-4-9-17)11-18-16-14-6-5-7-15(14)19-12-20-16/h12-13H,3-11H2,1-2H3,(H,18,19,20). The molecule has 0 bridgehead atoms. The number of hydrogen-bond acceptors (Lipinski definition) is 3. The van der Waals surface area contributed by atoms with Gasteiger partial charge in [0.05, 0.1) is 0 Å². The van der Waals surface area contributed by atoms with Gasteiger partial charge in [-0.25, -0.2) is 9.97 Å². The fraction of sp³-hybridized carbons (Fsp3) is 0.765. The lowest BCUT2D eigenvalue weighted by molar-refractivity contribution is 0.252. The van der Waals surface area contributed by atoms with Crippen LogP contribution in [-0.2, 0) is 12.8 Å². The molecule has 1 fully saturated rings. The van der Waals surface area contributed by atoms with Gasteiger partial charge < -0.3 is 5.32 Å². The van der Waals surface area contributed by atoms with Crippen molar-refractivity contribution in [1.29, 1.82) is 0 Å². The number of aromatic nitrogens is 2. The van der Waals surface area contributed by atoms with E-state index in [0.29, 0.717) is 5.41 Å². The topological polar surface area (TPSA) is 37.8 Å². The second-order valence-electron chi connectivity index (χ2n) is 7.16. The van der Waals surface area contributed by atoms with Crippen molar-refractivity contribution in [3.8, 4) is 0 Å². The highest BCUT2D eigenvalue weighted by Gasteiger charge is 2.34. The maximum atomic E-state index is 4.50. The summed E-state index contributed by atoms with van der Waals surface area (Å²) in [4.78, 5) is 8.91. The van der Waals surface area contributed by atoms with E-state index in [1.165, 1.54) is 49.8 Å². The van der Waals surface area contributed by atoms with Crippen LogP contribution in [-0.4, -0.2) is 16.5 Å². The van der Waals surface area contributed by atoms with Gasteiger partial charge in [-0.2, -0.15) is 0 Å². The van der Waals surface area contributed by atoms with Crippen LogP contribution >= 0.6 is 0 Å². The quantitative estimate of drug-likeness (QED) is 0.881. The monoisotopic (exact) mass is 273 g/mol. The highest BCUT2D eigenvalue weighted by atomic mass is 15.0. The molecule has 1 aromatic rings. The van der Waals surface area contributed by atoms with E-state index in [0.717, 1.165) is 31.1 Å². The van der Waals surface area contributed by atoms with E-state index in [1.807, 2.05) is 0 Å². The average Bonchev–Trinajstić information content (AvgIpc) is 3.05. The van der Waals surface area contributed by atoms with Crippen LogP contribution in [0.25, 0.3) is 0 Å². The molecule has 2 aliphatic rings. The second kappa shape index (κ2) is 5.71. The summed E-state index contributed by atoms with van der Waals surface area (Å²) in [6.07, 6.45) is 12.1. The molecule has 1 saturated carbocycles. The molecule has 0 saturated heterocycles. The molecular weight excluding hydrogens is 246 g/mol. The first-order chi connectivity index (χ1) is 9.69. The lowest BCUT2D eigenvalue weighted by atomic mass is 9.78. The predicted molar refractivity (Wildman–Crippen MR) is 82.9 cm³/mol. The van der Waals surface area contributed by atoms with E-state index in [1.54, 1.807) is 6.33 Å². The Bertz CT molecular complexity index is 461. The van der Waals surface area contributed by atoms with Gasteiger partial charge in [0.25, 0.3) is 0 Å². The van der Waals surface area contributed by atoms with E-state index in [2.05, 4.69) is 29.1 Å². The van der Waals surface area contributed by atoms with Crippen molar-refractivity contribution in [2.45, 2.75) is 65.2 Å². The van der Waals surface area contributed by atoms with E-state index < -0.39 is 0 Å². The van der Waals surface area contributed by atoms with Gasteiger partial charge in [-0.15, -0.1) is 0 Å². The Morgan fingerprint density at radius 3 is 2.70 bits per heavy atom. The minimum Gasteiger partial charge on any atom is -0.369 e. The Morgan fingerprint density at radius 1 is 1.15 bits per heavy atom. The third-order valence-electron chi connectivity index (χ3n) is 5.01. The lowest BCUT2D eigenvalue weighted by Crippen LogP contribution is -2.29. The smallest absolute Gasteiger partial charge is 0.132 e. The largest absolute Gasteiger partial charge is 0.369 e. The van der Waals surface area contributed by atoms with E-state index in [9.17, 15) is 0 Å². The lowest BCUT2D eigenvalue weighted by Gasteiger charge is -2.31. The maximum absolute atomic E-state index is 4.50. The number of anilines is 1. The summed E-state index contributed by atoms with van der Waals surface area (Å²) in [5, 5.41) is 3.68. The van der Waals surface area contributed by atoms with Crippen molar-refractivity contribution >= 4 is 5.82 Å². The van der Waals surface area contributed by atoms with Gasteiger partial charge in [0.2, 0.25) is 0 Å². The molecule has 1 aromatic heterocycles. The normalized spacial score (nSPS) is 20.4. The van der Waals surface area contributed by atoms with E-state index >= 15 is 0 Å². The molecule has 3 rings (SSSR count). The molecule has 1 N–H and O–H groups in total. The summed E-state index contributed by atoms with van der Waals surface area (Å²) in [5.74, 6) is 1.90. The summed E-state index contributed by atoms with van der Waals surface area (Å²) in [6.45, 7) is 5.79. The van der Waals surface area contributed by atoms with E-state index in [-0.39, 0.29) is 0 Å². The van der Waals surface area contributed by atoms with Gasteiger partial charge in [-0.3, -0.25) is 0 Å². The van der Waals surface area contributed by atoms with Gasteiger partial charge in [-0.05, 0) is 49.9 Å². The van der Waals surface area contributed by atoms with Crippen molar-refractivity contribution in [1.82, 2.24) is 9.97 Å². The summed E-state index contributed by atoms with van der Waals surface area (Å²) in [6, 6.07) is 0. The molecule has 2 aliphatic carbocycles. The summed E-state index contributed by atoms with van der Waals surface area (Å²) >= 11 is 0. The van der Waals surface area contributed by atoms with Crippen LogP contribution in [0.2, 0.25) is 0 Å². The van der Waals surface area contributed by atoms with Crippen molar-refractivity contribution in [3.63, 3.8) is 0 Å². The Balaban J connectivity index is 1.70. The number of nitrogens with one attached hydrogen (secondary N) is 1. The van der Waals surface area contributed by atoms with Crippen LogP contribution in [0.15, 0.2) is 6.33 Å². The van der Waals surface area contributed by atoms with Crippen LogP contribution in [0.4, 0.5) is 5.82 Å². The minimum absolute atomic E-state index is 0.505. The molecule has 1 heterocycles. The van der Waals surface area contributed by atoms with Gasteiger partial charge in [-0.1, -0.05) is 26.7 Å². The molecule has 110 valence electrons.